The van der Waals surface area contributed by atoms with Gasteiger partial charge in [0.1, 0.15) is 34.7 Å². The summed E-state index contributed by atoms with van der Waals surface area (Å²) >= 11 is 0. The number of Topliss-reactive ketones (excluding diaryl/α,β-unsaturated/α-hetero) is 1. The lowest BCUT2D eigenvalue weighted by Gasteiger charge is -2.58. The number of fused-ring (bicyclic) bond motifs is 8. The second kappa shape index (κ2) is 23.7. The molecule has 9 rings (SSSR count). The summed E-state index contributed by atoms with van der Waals surface area (Å²) in [5.41, 5.74) is 2.65. The molecule has 1 aromatic heterocycles. The first-order valence-corrected chi connectivity index (χ1v) is 27.4. The Morgan fingerprint density at radius 1 is 1.03 bits per heavy atom. The zero-order valence-electron chi connectivity index (χ0n) is 43.4. The first-order chi connectivity index (χ1) is 36.0. The van der Waals surface area contributed by atoms with E-state index in [1.54, 1.807) is 14.0 Å². The highest BCUT2D eigenvalue weighted by molar-refractivity contribution is 6.11. The summed E-state index contributed by atoms with van der Waals surface area (Å²) in [6.45, 7) is 5.15. The number of H-pyrrole nitrogens is 1. The van der Waals surface area contributed by atoms with Crippen LogP contribution in [0.4, 0.5) is 0 Å². The van der Waals surface area contributed by atoms with Gasteiger partial charge in [-0.3, -0.25) is 9.59 Å². The van der Waals surface area contributed by atoms with Gasteiger partial charge in [0, 0.05) is 87.0 Å². The van der Waals surface area contributed by atoms with E-state index in [1.165, 1.54) is 0 Å². The first kappa shape index (κ1) is 54.2. The van der Waals surface area contributed by atoms with Crippen molar-refractivity contribution in [3.8, 4) is 17.2 Å². The van der Waals surface area contributed by atoms with E-state index in [0.717, 1.165) is 60.8 Å². The molecule has 74 heavy (non-hydrogen) atoms. The van der Waals surface area contributed by atoms with Crippen molar-refractivity contribution in [1.29, 1.82) is 0 Å². The number of likely N-dealkylation sites (tertiary alicyclic amines) is 1. The summed E-state index contributed by atoms with van der Waals surface area (Å²) in [6, 6.07) is 5.97. The SMILES string of the molecule is CCCCCC(O)C1CC2CN(CCCOC)CCC2C(O)(C2Cc3c(c(CO)c4c5c3OCC(CO)CCc3cc6[nH]ccc6cc3C3CC(=C5C(C=O)=C(C(=O)OCC)O4)CC(CO)C3=O)O2)C1CCCO. The summed E-state index contributed by atoms with van der Waals surface area (Å²) in [5, 5.41) is 71.3. The number of rotatable bonds is 19. The number of aliphatic hydroxyl groups excluding tert-OH is 5. The van der Waals surface area contributed by atoms with Crippen LogP contribution < -0.4 is 14.2 Å². The molecular formula is C58H78N2O14. The minimum atomic E-state index is -1.56. The van der Waals surface area contributed by atoms with Crippen molar-refractivity contribution in [2.24, 2.45) is 35.5 Å². The molecule has 2 saturated carbocycles. The maximum atomic E-state index is 14.7. The number of methoxy groups -OCH3 is 1. The molecule has 4 aliphatic heterocycles. The molecule has 10 unspecified atom stereocenters. The number of benzene rings is 2. The van der Waals surface area contributed by atoms with Crippen molar-refractivity contribution in [3.05, 3.63) is 69.1 Å². The van der Waals surface area contributed by atoms with Crippen LogP contribution >= 0.6 is 0 Å². The number of nitrogens with one attached hydrogen (secondary N) is 1. The summed E-state index contributed by atoms with van der Waals surface area (Å²) in [7, 11) is 1.70. The van der Waals surface area contributed by atoms with Crippen LogP contribution in [0.3, 0.4) is 0 Å². The van der Waals surface area contributed by atoms with Crippen molar-refractivity contribution in [2.75, 3.05) is 66.4 Å². The molecule has 16 nitrogen and oxygen atoms in total. The second-order valence-corrected chi connectivity index (χ2v) is 21.8. The van der Waals surface area contributed by atoms with Gasteiger partial charge in [-0.1, -0.05) is 31.8 Å². The lowest BCUT2D eigenvalue weighted by Crippen LogP contribution is -2.67. The van der Waals surface area contributed by atoms with Gasteiger partial charge in [-0.25, -0.2) is 4.79 Å². The van der Waals surface area contributed by atoms with Crippen LogP contribution in [0.5, 0.6) is 17.2 Å². The molecule has 0 spiro atoms. The molecule has 7 N–H and O–H groups in total. The van der Waals surface area contributed by atoms with E-state index in [4.69, 9.17) is 23.7 Å². The molecule has 404 valence electrons. The Morgan fingerprint density at radius 3 is 2.59 bits per heavy atom. The molecule has 6 aliphatic rings. The van der Waals surface area contributed by atoms with Gasteiger partial charge in [0.15, 0.2) is 6.29 Å². The normalized spacial score (nSPS) is 28.4. The molecule has 0 amide bonds. The van der Waals surface area contributed by atoms with Crippen LogP contribution in [0.2, 0.25) is 0 Å². The second-order valence-electron chi connectivity index (χ2n) is 21.8. The van der Waals surface area contributed by atoms with E-state index in [-0.39, 0.29) is 109 Å². The summed E-state index contributed by atoms with van der Waals surface area (Å²) in [4.78, 5) is 48.3. The van der Waals surface area contributed by atoms with Crippen molar-refractivity contribution in [1.82, 2.24) is 9.88 Å². The molecule has 1 saturated heterocycles. The number of esters is 1. The fourth-order valence-electron chi connectivity index (χ4n) is 14.0. The highest BCUT2D eigenvalue weighted by atomic mass is 16.6. The van der Waals surface area contributed by atoms with Gasteiger partial charge in [-0.15, -0.1) is 0 Å². The maximum Gasteiger partial charge on any atom is 0.375 e. The van der Waals surface area contributed by atoms with Gasteiger partial charge in [-0.05, 0) is 136 Å². The number of allylic oxidation sites excluding steroid dienone is 3. The minimum Gasteiger partial charge on any atom is -0.492 e. The number of piperidine rings is 1. The van der Waals surface area contributed by atoms with Crippen LogP contribution in [0.25, 0.3) is 16.5 Å². The number of ketones is 1. The Morgan fingerprint density at radius 2 is 1.86 bits per heavy atom. The summed E-state index contributed by atoms with van der Waals surface area (Å²) < 4.78 is 31.7. The topological polar surface area (TPSA) is 238 Å². The highest BCUT2D eigenvalue weighted by Gasteiger charge is 2.62. The van der Waals surface area contributed by atoms with Gasteiger partial charge in [0.25, 0.3) is 0 Å². The number of aromatic amines is 1. The van der Waals surface area contributed by atoms with Gasteiger partial charge in [0.2, 0.25) is 5.76 Å². The number of hydrogen-bond acceptors (Lipinski definition) is 15. The zero-order chi connectivity index (χ0) is 52.3. The number of aryl methyl sites for hydroxylation is 1. The van der Waals surface area contributed by atoms with Crippen LogP contribution in [-0.4, -0.2) is 143 Å². The minimum absolute atomic E-state index is 0.00386. The third-order valence-electron chi connectivity index (χ3n) is 17.6. The third-order valence-corrected chi connectivity index (χ3v) is 17.6. The van der Waals surface area contributed by atoms with Crippen molar-refractivity contribution < 1.29 is 68.7 Å². The third kappa shape index (κ3) is 10.1. The molecule has 5 heterocycles. The van der Waals surface area contributed by atoms with Crippen LogP contribution in [0.1, 0.15) is 125 Å². The summed E-state index contributed by atoms with van der Waals surface area (Å²) in [6.07, 6.45) is 8.33. The molecule has 16 heteroatoms. The number of nitrogens with zero attached hydrogens (tertiary/aromatic N) is 1. The largest absolute Gasteiger partial charge is 0.492 e. The van der Waals surface area contributed by atoms with E-state index in [2.05, 4.69) is 16.8 Å². The van der Waals surface area contributed by atoms with Crippen LogP contribution in [0.15, 0.2) is 41.3 Å². The van der Waals surface area contributed by atoms with E-state index in [9.17, 15) is 45.0 Å². The average Bonchev–Trinajstić information content (AvgIpc) is 4.07. The molecule has 3 aromatic rings. The van der Waals surface area contributed by atoms with E-state index < -0.39 is 66.4 Å². The molecule has 3 fully saturated rings. The lowest BCUT2D eigenvalue weighted by atomic mass is 9.53. The number of hydrogen-bond donors (Lipinski definition) is 7. The predicted molar refractivity (Wildman–Crippen MR) is 276 cm³/mol. The summed E-state index contributed by atoms with van der Waals surface area (Å²) in [5.74, 6) is -4.20. The smallest absolute Gasteiger partial charge is 0.375 e. The number of carbonyl (C=O) groups excluding carboxylic acids is 3. The maximum absolute atomic E-state index is 14.7. The monoisotopic (exact) mass is 1030 g/mol. The van der Waals surface area contributed by atoms with Gasteiger partial charge < -0.3 is 64.2 Å². The molecule has 10 atom stereocenters. The van der Waals surface area contributed by atoms with Gasteiger partial charge in [-0.2, -0.15) is 0 Å². The quantitative estimate of drug-likeness (QED) is 0.0423. The van der Waals surface area contributed by atoms with Gasteiger partial charge in [0.05, 0.1) is 49.2 Å². The van der Waals surface area contributed by atoms with Crippen molar-refractivity contribution in [2.45, 2.75) is 134 Å². The number of unbranched alkanes of at least 4 members (excludes halogenated alkanes) is 2. The van der Waals surface area contributed by atoms with Crippen LogP contribution in [0, 0.1) is 35.5 Å². The molecular weight excluding hydrogens is 949 g/mol. The first-order valence-electron chi connectivity index (χ1n) is 27.4. The number of aliphatic hydroxyl groups is 6. The molecule has 2 bridgehead atoms. The van der Waals surface area contributed by atoms with E-state index in [0.29, 0.717) is 75.5 Å². The van der Waals surface area contributed by atoms with E-state index >= 15 is 0 Å². The van der Waals surface area contributed by atoms with Crippen molar-refractivity contribution in [3.63, 3.8) is 0 Å². The molecule has 0 radical (unpaired) electrons. The fraction of sp³-hybridized carbons (Fsp3) is 0.638. The number of carbonyl (C=O) groups is 3. The Bertz CT molecular complexity index is 2590. The number of aromatic nitrogens is 1. The fourth-order valence-corrected chi connectivity index (χ4v) is 14.0. The number of aldehydes is 1. The Hall–Kier alpha value is -4.65. The van der Waals surface area contributed by atoms with Gasteiger partial charge >= 0.3 is 5.97 Å². The number of ether oxygens (including phenoxy) is 5. The van der Waals surface area contributed by atoms with Crippen LogP contribution in [-0.2, 0) is 43.3 Å². The predicted octanol–water partition coefficient (Wildman–Crippen LogP) is 5.87. The zero-order valence-corrected chi connectivity index (χ0v) is 43.4. The average molecular weight is 1030 g/mol. The molecule has 2 aliphatic carbocycles. The van der Waals surface area contributed by atoms with Crippen molar-refractivity contribution >= 4 is 34.5 Å². The standard InChI is InChI=1S/C58H78N2O14/c1-4-6-7-11-48(66)41-24-37-27-60(17-9-20-70-3)18-15-45(37)58(69,46(41)10-8-19-61)49-26-42-53(73-49)44(31-65)55-51-50(43(30-64)56(74-55)57(68)71-5-2)36-21-38(29-63)52(67)40(23-36)39-22-35-14-16-59-47(35)25-34(39)13-12-33(28-62)32-72-54(42)51/h14,16,22,25,30,33,37-38,40-41,45-46,48-49,59,61-63,65-66,69H,4-13,15,17-21,23-24,26-29,31-32H2,1-3H3. The Labute approximate surface area is 434 Å². The lowest BCUT2D eigenvalue weighted by molar-refractivity contribution is -0.215. The Kier molecular flexibility index (Phi) is 17.4. The molecule has 2 aromatic carbocycles. The van der Waals surface area contributed by atoms with E-state index in [1.807, 2.05) is 24.4 Å². The highest BCUT2D eigenvalue weighted by Crippen LogP contribution is 2.60. The Balaban J connectivity index is 1.25.